The van der Waals surface area contributed by atoms with Crippen molar-refractivity contribution in [3.63, 3.8) is 0 Å². The molecule has 0 radical (unpaired) electrons. The summed E-state index contributed by atoms with van der Waals surface area (Å²) in [6.45, 7) is 5.73. The third kappa shape index (κ3) is 8.06. The fourth-order valence-corrected chi connectivity index (χ4v) is 4.63. The Hall–Kier alpha value is -3.89. The molecule has 0 spiro atoms. The van der Waals surface area contributed by atoms with Gasteiger partial charge in [0.15, 0.2) is 5.76 Å². The van der Waals surface area contributed by atoms with E-state index in [1.807, 2.05) is 30.3 Å². The lowest BCUT2D eigenvalue weighted by atomic mass is 9.99. The standard InChI is InChI=1S/C30H38N6O4/c1-21(29(31)39)8-11-26(37)33-24(10-9-22-6-4-3-5-7-22)27(38)28-25(20-36-18-16-35(2)17-19-36)34-30(40-28)23-12-14-32-15-13-23/h3-7,12-15,21,24H,8-11,16-20H2,1-2H3,(H2,31,39)(H,33,37). The Morgan fingerprint density at radius 2 is 1.73 bits per heavy atom. The molecule has 2 aromatic heterocycles. The van der Waals surface area contributed by atoms with Gasteiger partial charge in [-0.05, 0) is 44.0 Å². The van der Waals surface area contributed by atoms with Gasteiger partial charge in [-0.25, -0.2) is 4.98 Å². The lowest BCUT2D eigenvalue weighted by Crippen LogP contribution is -2.44. The van der Waals surface area contributed by atoms with Crippen LogP contribution in [0.1, 0.15) is 48.0 Å². The molecule has 3 aromatic rings. The number of nitrogens with one attached hydrogen (secondary N) is 1. The van der Waals surface area contributed by atoms with Crippen LogP contribution in [0, 0.1) is 5.92 Å². The van der Waals surface area contributed by atoms with Crippen molar-refractivity contribution in [3.8, 4) is 11.5 Å². The summed E-state index contributed by atoms with van der Waals surface area (Å²) in [5.41, 5.74) is 7.70. The van der Waals surface area contributed by atoms with Gasteiger partial charge in [-0.15, -0.1) is 0 Å². The smallest absolute Gasteiger partial charge is 0.227 e. The molecule has 1 saturated heterocycles. The number of rotatable bonds is 13. The molecule has 2 unspecified atom stereocenters. The molecule has 3 heterocycles. The zero-order chi connectivity index (χ0) is 28.5. The molecule has 0 saturated carbocycles. The number of pyridine rings is 1. The van der Waals surface area contributed by atoms with Crippen LogP contribution < -0.4 is 11.1 Å². The summed E-state index contributed by atoms with van der Waals surface area (Å²) in [6, 6.07) is 12.6. The van der Waals surface area contributed by atoms with Crippen molar-refractivity contribution in [1.29, 1.82) is 0 Å². The number of hydrogen-bond donors (Lipinski definition) is 2. The van der Waals surface area contributed by atoms with Crippen LogP contribution >= 0.6 is 0 Å². The highest BCUT2D eigenvalue weighted by Crippen LogP contribution is 2.25. The summed E-state index contributed by atoms with van der Waals surface area (Å²) in [5, 5.41) is 2.91. The number of likely N-dealkylation sites (N-methyl/N-ethyl adjacent to an activating group) is 1. The minimum Gasteiger partial charge on any atom is -0.433 e. The zero-order valence-electron chi connectivity index (χ0n) is 23.2. The first-order valence-corrected chi connectivity index (χ1v) is 13.8. The van der Waals surface area contributed by atoms with Gasteiger partial charge in [0.05, 0.1) is 6.04 Å². The van der Waals surface area contributed by atoms with E-state index in [1.54, 1.807) is 31.5 Å². The molecule has 2 amide bonds. The molecular formula is C30H38N6O4. The molecule has 0 aliphatic carbocycles. The molecule has 0 bridgehead atoms. The van der Waals surface area contributed by atoms with E-state index in [0.29, 0.717) is 37.4 Å². The zero-order valence-corrected chi connectivity index (χ0v) is 23.2. The number of amides is 2. The van der Waals surface area contributed by atoms with Crippen molar-refractivity contribution in [1.82, 2.24) is 25.1 Å². The molecule has 4 rings (SSSR count). The SMILES string of the molecule is CC(CCC(=O)NC(CCc1ccccc1)C(=O)c1oc(-c2ccncc2)nc1CN1CCN(C)CC1)C(N)=O. The van der Waals surface area contributed by atoms with Crippen LogP contribution in [0.3, 0.4) is 0 Å². The number of primary amides is 1. The van der Waals surface area contributed by atoms with Crippen LogP contribution in [0.15, 0.2) is 59.3 Å². The summed E-state index contributed by atoms with van der Waals surface area (Å²) in [5.74, 6) is -1.01. The minimum atomic E-state index is -0.818. The molecule has 10 nitrogen and oxygen atoms in total. The van der Waals surface area contributed by atoms with Crippen LogP contribution in [-0.4, -0.2) is 76.6 Å². The molecule has 40 heavy (non-hydrogen) atoms. The van der Waals surface area contributed by atoms with Gasteiger partial charge >= 0.3 is 0 Å². The predicted molar refractivity (Wildman–Crippen MR) is 151 cm³/mol. The minimum absolute atomic E-state index is 0.0893. The summed E-state index contributed by atoms with van der Waals surface area (Å²) in [6.07, 6.45) is 4.68. The molecule has 2 atom stereocenters. The maximum Gasteiger partial charge on any atom is 0.227 e. The third-order valence-electron chi connectivity index (χ3n) is 7.32. The number of carbonyl (C=O) groups is 3. The number of piperazine rings is 1. The number of ketones is 1. The Labute approximate surface area is 235 Å². The van der Waals surface area contributed by atoms with E-state index >= 15 is 0 Å². The molecule has 1 aliphatic heterocycles. The van der Waals surface area contributed by atoms with E-state index < -0.39 is 17.9 Å². The Kier molecular flexibility index (Phi) is 10.2. The summed E-state index contributed by atoms with van der Waals surface area (Å²) in [7, 11) is 2.09. The summed E-state index contributed by atoms with van der Waals surface area (Å²) < 4.78 is 6.13. The highest BCUT2D eigenvalue weighted by Gasteiger charge is 2.30. The summed E-state index contributed by atoms with van der Waals surface area (Å²) in [4.78, 5) is 51.7. The second kappa shape index (κ2) is 14.0. The van der Waals surface area contributed by atoms with Crippen molar-refractivity contribution in [2.75, 3.05) is 33.2 Å². The van der Waals surface area contributed by atoms with Crippen molar-refractivity contribution in [2.24, 2.45) is 11.7 Å². The number of oxazole rings is 1. The van der Waals surface area contributed by atoms with E-state index in [0.717, 1.165) is 37.3 Å². The normalized spacial score (nSPS) is 15.8. The number of aromatic nitrogens is 2. The maximum absolute atomic E-state index is 14.0. The molecule has 10 heteroatoms. The van der Waals surface area contributed by atoms with Gasteiger partial charge in [-0.3, -0.25) is 24.3 Å². The molecule has 3 N–H and O–H groups in total. The van der Waals surface area contributed by atoms with Crippen molar-refractivity contribution in [2.45, 2.75) is 45.2 Å². The first-order chi connectivity index (χ1) is 19.3. The second-order valence-corrected chi connectivity index (χ2v) is 10.5. The van der Waals surface area contributed by atoms with Crippen molar-refractivity contribution >= 4 is 17.6 Å². The van der Waals surface area contributed by atoms with E-state index in [9.17, 15) is 14.4 Å². The van der Waals surface area contributed by atoms with Gasteiger partial charge in [-0.2, -0.15) is 0 Å². The first kappa shape index (κ1) is 29.1. The second-order valence-electron chi connectivity index (χ2n) is 10.5. The van der Waals surface area contributed by atoms with E-state index in [1.165, 1.54) is 0 Å². The number of Topliss-reactive ketones (excluding diaryl/α,β-unsaturated/α-hetero) is 1. The van der Waals surface area contributed by atoms with Crippen LogP contribution in [0.2, 0.25) is 0 Å². The third-order valence-corrected chi connectivity index (χ3v) is 7.32. The van der Waals surface area contributed by atoms with Gasteiger partial charge in [0.1, 0.15) is 5.69 Å². The Balaban J connectivity index is 1.59. The summed E-state index contributed by atoms with van der Waals surface area (Å²) >= 11 is 0. The first-order valence-electron chi connectivity index (χ1n) is 13.8. The average molecular weight is 547 g/mol. The number of aryl methyl sites for hydroxylation is 1. The quantitative estimate of drug-likeness (QED) is 0.313. The van der Waals surface area contributed by atoms with Gasteiger partial charge in [0.25, 0.3) is 0 Å². The van der Waals surface area contributed by atoms with Gasteiger partial charge in [0, 0.05) is 63.0 Å². The van der Waals surface area contributed by atoms with E-state index in [2.05, 4.69) is 27.1 Å². The number of hydrogen-bond acceptors (Lipinski definition) is 8. The lowest BCUT2D eigenvalue weighted by molar-refractivity contribution is -0.123. The number of nitrogens with two attached hydrogens (primary N) is 1. The van der Waals surface area contributed by atoms with Gasteiger partial charge in [0.2, 0.25) is 23.5 Å². The molecular weight excluding hydrogens is 508 g/mol. The predicted octanol–water partition coefficient (Wildman–Crippen LogP) is 2.69. The molecule has 1 aliphatic rings. The topological polar surface area (TPSA) is 135 Å². The largest absolute Gasteiger partial charge is 0.433 e. The number of nitrogens with zero attached hydrogens (tertiary/aromatic N) is 4. The van der Waals surface area contributed by atoms with Crippen LogP contribution in [0.4, 0.5) is 0 Å². The van der Waals surface area contributed by atoms with Gasteiger partial charge in [-0.1, -0.05) is 37.3 Å². The molecule has 1 aromatic carbocycles. The molecule has 1 fully saturated rings. The Morgan fingerprint density at radius 3 is 2.40 bits per heavy atom. The lowest BCUT2D eigenvalue weighted by Gasteiger charge is -2.31. The fourth-order valence-electron chi connectivity index (χ4n) is 4.63. The maximum atomic E-state index is 14.0. The monoisotopic (exact) mass is 546 g/mol. The van der Waals surface area contributed by atoms with Crippen LogP contribution in [0.5, 0.6) is 0 Å². The van der Waals surface area contributed by atoms with E-state index in [4.69, 9.17) is 15.1 Å². The fraction of sp³-hybridized carbons (Fsp3) is 0.433. The number of carbonyl (C=O) groups excluding carboxylic acids is 3. The highest BCUT2D eigenvalue weighted by molar-refractivity contribution is 6.01. The Bertz CT molecular complexity index is 1270. The van der Waals surface area contributed by atoms with Gasteiger partial charge < -0.3 is 20.4 Å². The molecule has 212 valence electrons. The average Bonchev–Trinajstić information content (AvgIpc) is 3.39. The van der Waals surface area contributed by atoms with E-state index in [-0.39, 0.29) is 23.9 Å². The Morgan fingerprint density at radius 1 is 1.02 bits per heavy atom. The van der Waals surface area contributed by atoms with Crippen molar-refractivity contribution in [3.05, 3.63) is 71.9 Å². The van der Waals surface area contributed by atoms with Crippen LogP contribution in [-0.2, 0) is 22.6 Å². The van der Waals surface area contributed by atoms with Crippen LogP contribution in [0.25, 0.3) is 11.5 Å². The highest BCUT2D eigenvalue weighted by atomic mass is 16.4. The van der Waals surface area contributed by atoms with Crippen molar-refractivity contribution < 1.29 is 18.8 Å². The number of benzene rings is 1.